The largest absolute Gasteiger partial charge is 0.375 e. The Balaban J connectivity index is 3.02. The zero-order valence-electron chi connectivity index (χ0n) is 12.1. The quantitative estimate of drug-likeness (QED) is 0.626. The van der Waals surface area contributed by atoms with E-state index in [1.807, 2.05) is 6.07 Å². The van der Waals surface area contributed by atoms with E-state index in [0.717, 1.165) is 6.42 Å². The van der Waals surface area contributed by atoms with Gasteiger partial charge in [-0.25, -0.2) is 0 Å². The molecule has 0 saturated carbocycles. The Morgan fingerprint density at radius 2 is 1.84 bits per heavy atom. The number of anilines is 1. The molecule has 5 heteroatoms. The lowest BCUT2D eigenvalue weighted by molar-refractivity contribution is -0.384. The highest BCUT2D eigenvalue weighted by Gasteiger charge is 2.27. The molecule has 4 nitrogen and oxygen atoms in total. The van der Waals surface area contributed by atoms with Crippen molar-refractivity contribution in [2.24, 2.45) is 5.41 Å². The van der Waals surface area contributed by atoms with Crippen molar-refractivity contribution < 1.29 is 4.92 Å². The fraction of sp³-hybridized carbons (Fsp3) is 0.571. The second-order valence-corrected chi connectivity index (χ2v) is 7.58. The monoisotopic (exact) mass is 328 g/mol. The molecule has 0 aliphatic rings. The Bertz CT molecular complexity index is 479. The van der Waals surface area contributed by atoms with Crippen LogP contribution in [0.25, 0.3) is 0 Å². The van der Waals surface area contributed by atoms with E-state index in [4.69, 9.17) is 0 Å². The van der Waals surface area contributed by atoms with Crippen molar-refractivity contribution >= 4 is 27.3 Å². The average Bonchev–Trinajstić information content (AvgIpc) is 2.16. The van der Waals surface area contributed by atoms with Crippen LogP contribution in [0.5, 0.6) is 0 Å². The van der Waals surface area contributed by atoms with Crippen LogP contribution in [0.4, 0.5) is 11.4 Å². The fourth-order valence-corrected chi connectivity index (χ4v) is 2.85. The van der Waals surface area contributed by atoms with E-state index in [-0.39, 0.29) is 21.6 Å². The molecule has 1 aromatic carbocycles. The third-order valence-electron chi connectivity index (χ3n) is 2.60. The average molecular weight is 329 g/mol. The Hall–Kier alpha value is -1.10. The highest BCUT2D eigenvalue weighted by molar-refractivity contribution is 9.10. The van der Waals surface area contributed by atoms with Gasteiger partial charge in [-0.05, 0) is 37.8 Å². The second kappa shape index (κ2) is 5.49. The van der Waals surface area contributed by atoms with Crippen molar-refractivity contribution in [3.63, 3.8) is 0 Å². The molecule has 1 aromatic rings. The van der Waals surface area contributed by atoms with Gasteiger partial charge in [0, 0.05) is 16.1 Å². The van der Waals surface area contributed by atoms with Gasteiger partial charge in [0.25, 0.3) is 5.69 Å². The normalized spacial score (nSPS) is 12.3. The fourth-order valence-electron chi connectivity index (χ4n) is 2.50. The van der Waals surface area contributed by atoms with Crippen LogP contribution in [0.2, 0.25) is 0 Å². The van der Waals surface area contributed by atoms with Crippen LogP contribution in [-0.2, 0) is 0 Å². The molecule has 106 valence electrons. The number of benzene rings is 1. The minimum absolute atomic E-state index is 0.0939. The minimum atomic E-state index is -0.361. The van der Waals surface area contributed by atoms with E-state index in [1.165, 1.54) is 6.07 Å². The molecule has 19 heavy (non-hydrogen) atoms. The van der Waals surface area contributed by atoms with Crippen molar-refractivity contribution in [2.75, 3.05) is 5.32 Å². The van der Waals surface area contributed by atoms with Crippen molar-refractivity contribution in [3.05, 3.63) is 32.8 Å². The van der Waals surface area contributed by atoms with Gasteiger partial charge in [-0.3, -0.25) is 10.1 Å². The van der Waals surface area contributed by atoms with Crippen molar-refractivity contribution in [2.45, 2.75) is 46.6 Å². The Morgan fingerprint density at radius 3 is 2.32 bits per heavy atom. The standard InChI is InChI=1S/C14H21BrN2O2/c1-13(2,3)9-14(4,5)16-11-7-6-10(15)8-12(11)17(18)19/h6-8,16H,9H2,1-5H3. The van der Waals surface area contributed by atoms with Gasteiger partial charge in [0.05, 0.1) is 4.92 Å². The Labute approximate surface area is 122 Å². The molecule has 0 atom stereocenters. The summed E-state index contributed by atoms with van der Waals surface area (Å²) in [6, 6.07) is 5.07. The van der Waals surface area contributed by atoms with Crippen LogP contribution in [0.15, 0.2) is 22.7 Å². The summed E-state index contributed by atoms with van der Waals surface area (Å²) < 4.78 is 0.707. The second-order valence-electron chi connectivity index (χ2n) is 6.66. The number of hydrogen-bond acceptors (Lipinski definition) is 3. The zero-order valence-corrected chi connectivity index (χ0v) is 13.7. The topological polar surface area (TPSA) is 55.2 Å². The van der Waals surface area contributed by atoms with Gasteiger partial charge in [-0.1, -0.05) is 36.7 Å². The van der Waals surface area contributed by atoms with Crippen LogP contribution in [0.3, 0.4) is 0 Å². The van der Waals surface area contributed by atoms with E-state index < -0.39 is 0 Å². The molecule has 0 unspecified atom stereocenters. The van der Waals surface area contributed by atoms with Crippen molar-refractivity contribution in [3.8, 4) is 0 Å². The summed E-state index contributed by atoms with van der Waals surface area (Å²) >= 11 is 3.26. The lowest BCUT2D eigenvalue weighted by Crippen LogP contribution is -2.35. The SMILES string of the molecule is CC(C)(C)CC(C)(C)Nc1ccc(Br)cc1[N+](=O)[O-]. The van der Waals surface area contributed by atoms with E-state index >= 15 is 0 Å². The van der Waals surface area contributed by atoms with Gasteiger partial charge < -0.3 is 5.32 Å². The minimum Gasteiger partial charge on any atom is -0.375 e. The van der Waals surface area contributed by atoms with Crippen molar-refractivity contribution in [1.29, 1.82) is 0 Å². The molecule has 0 aliphatic heterocycles. The predicted molar refractivity (Wildman–Crippen MR) is 82.6 cm³/mol. The molecule has 0 aromatic heterocycles. The van der Waals surface area contributed by atoms with E-state index in [0.29, 0.717) is 10.2 Å². The summed E-state index contributed by atoms with van der Waals surface area (Å²) in [7, 11) is 0. The first-order valence-corrected chi connectivity index (χ1v) is 7.02. The number of nitro benzene ring substituents is 1. The Morgan fingerprint density at radius 1 is 1.26 bits per heavy atom. The maximum atomic E-state index is 11.1. The van der Waals surface area contributed by atoms with E-state index in [2.05, 4.69) is 55.9 Å². The highest BCUT2D eigenvalue weighted by Crippen LogP contribution is 2.34. The lowest BCUT2D eigenvalue weighted by Gasteiger charge is -2.34. The number of nitro groups is 1. The smallest absolute Gasteiger partial charge is 0.293 e. The summed E-state index contributed by atoms with van der Waals surface area (Å²) in [5.74, 6) is 0. The predicted octanol–water partition coefficient (Wildman–Crippen LogP) is 4.98. The van der Waals surface area contributed by atoms with Gasteiger partial charge in [0.2, 0.25) is 0 Å². The first-order valence-electron chi connectivity index (χ1n) is 6.22. The third-order valence-corrected chi connectivity index (χ3v) is 3.10. The molecule has 0 saturated heterocycles. The first kappa shape index (κ1) is 16.0. The van der Waals surface area contributed by atoms with Crippen molar-refractivity contribution in [1.82, 2.24) is 0 Å². The molecular weight excluding hydrogens is 308 g/mol. The molecule has 0 heterocycles. The summed E-state index contributed by atoms with van der Waals surface area (Å²) in [5.41, 5.74) is 0.594. The maximum absolute atomic E-state index is 11.1. The third kappa shape index (κ3) is 5.19. The van der Waals surface area contributed by atoms with Crippen LogP contribution >= 0.6 is 15.9 Å². The summed E-state index contributed by atoms with van der Waals surface area (Å²) in [6.45, 7) is 10.6. The first-order chi connectivity index (χ1) is 8.50. The molecule has 0 fully saturated rings. The molecular formula is C14H21BrN2O2. The van der Waals surface area contributed by atoms with Crippen LogP contribution in [-0.4, -0.2) is 10.5 Å². The molecule has 0 bridgehead atoms. The number of nitrogens with zero attached hydrogens (tertiary/aromatic N) is 1. The van der Waals surface area contributed by atoms with Crippen LogP contribution in [0.1, 0.15) is 41.0 Å². The number of halogens is 1. The molecule has 1 rings (SSSR count). The molecule has 0 spiro atoms. The summed E-state index contributed by atoms with van der Waals surface area (Å²) in [6.07, 6.45) is 0.910. The molecule has 1 N–H and O–H groups in total. The van der Waals surface area contributed by atoms with Gasteiger partial charge in [0.1, 0.15) is 5.69 Å². The van der Waals surface area contributed by atoms with E-state index in [1.54, 1.807) is 6.07 Å². The maximum Gasteiger partial charge on any atom is 0.293 e. The molecule has 0 aliphatic carbocycles. The summed E-state index contributed by atoms with van der Waals surface area (Å²) in [5, 5.41) is 14.4. The number of rotatable bonds is 4. The van der Waals surface area contributed by atoms with Gasteiger partial charge in [-0.2, -0.15) is 0 Å². The molecule has 0 amide bonds. The van der Waals surface area contributed by atoms with Gasteiger partial charge >= 0.3 is 0 Å². The van der Waals surface area contributed by atoms with Crippen LogP contribution < -0.4 is 5.32 Å². The van der Waals surface area contributed by atoms with Gasteiger partial charge in [0.15, 0.2) is 0 Å². The Kier molecular flexibility index (Phi) is 4.61. The van der Waals surface area contributed by atoms with Crippen LogP contribution in [0, 0.1) is 15.5 Å². The number of hydrogen-bond donors (Lipinski definition) is 1. The zero-order chi connectivity index (χ0) is 14.8. The number of nitrogens with one attached hydrogen (secondary N) is 1. The van der Waals surface area contributed by atoms with Gasteiger partial charge in [-0.15, -0.1) is 0 Å². The lowest BCUT2D eigenvalue weighted by atomic mass is 9.81. The summed E-state index contributed by atoms with van der Waals surface area (Å²) in [4.78, 5) is 10.7. The molecule has 0 radical (unpaired) electrons. The highest BCUT2D eigenvalue weighted by atomic mass is 79.9. The van der Waals surface area contributed by atoms with E-state index in [9.17, 15) is 10.1 Å².